The Hall–Kier alpha value is -2.09. The average Bonchev–Trinajstić information content (AvgIpc) is 2.58. The lowest BCUT2D eigenvalue weighted by atomic mass is 9.85. The van der Waals surface area contributed by atoms with E-state index in [1.54, 1.807) is 7.11 Å². The Morgan fingerprint density at radius 1 is 1.05 bits per heavy atom. The zero-order chi connectivity index (χ0) is 15.8. The molecule has 0 fully saturated rings. The number of carbonyl (C=O) groups excluding carboxylic acids is 1. The summed E-state index contributed by atoms with van der Waals surface area (Å²) in [5.41, 5.74) is 2.25. The molecule has 0 radical (unpaired) electrons. The number of ether oxygens (including phenoxy) is 1. The Bertz CT molecular complexity index is 590. The maximum absolute atomic E-state index is 12.3. The highest BCUT2D eigenvalue weighted by Gasteiger charge is 2.20. The van der Waals surface area contributed by atoms with Crippen molar-refractivity contribution in [3.8, 4) is 5.75 Å². The molecule has 0 N–H and O–H groups in total. The van der Waals surface area contributed by atoms with Gasteiger partial charge >= 0.3 is 0 Å². The molecule has 22 heavy (non-hydrogen) atoms. The molecule has 2 heteroatoms. The first-order chi connectivity index (χ1) is 10.8. The van der Waals surface area contributed by atoms with E-state index < -0.39 is 0 Å². The predicted octanol–water partition coefficient (Wildman–Crippen LogP) is 4.98. The minimum atomic E-state index is 0.0571. The third-order valence-electron chi connectivity index (χ3n) is 3.96. The second-order valence-electron chi connectivity index (χ2n) is 5.55. The van der Waals surface area contributed by atoms with Gasteiger partial charge in [0, 0.05) is 24.3 Å². The molecule has 2 aromatic carbocycles. The Kier molecular flexibility index (Phi) is 6.20. The molecule has 0 aliphatic rings. The van der Waals surface area contributed by atoms with Crippen LogP contribution in [0.15, 0.2) is 54.6 Å². The highest BCUT2D eigenvalue weighted by molar-refractivity contribution is 5.80. The normalized spacial score (nSPS) is 11.9. The van der Waals surface area contributed by atoms with Crippen LogP contribution in [-0.2, 0) is 4.79 Å². The molecule has 2 nitrogen and oxygen atoms in total. The predicted molar refractivity (Wildman–Crippen MR) is 90.4 cm³/mol. The summed E-state index contributed by atoms with van der Waals surface area (Å²) in [6.07, 6.45) is 3.21. The third-order valence-corrected chi connectivity index (χ3v) is 3.96. The largest absolute Gasteiger partial charge is 0.496 e. The summed E-state index contributed by atoms with van der Waals surface area (Å²) in [6, 6.07) is 18.2. The van der Waals surface area contributed by atoms with E-state index in [1.165, 1.54) is 0 Å². The Morgan fingerprint density at radius 2 is 1.73 bits per heavy atom. The number of hydrogen-bond acceptors (Lipinski definition) is 2. The van der Waals surface area contributed by atoms with Crippen LogP contribution >= 0.6 is 0 Å². The molecule has 0 heterocycles. The molecular formula is C20H24O2. The van der Waals surface area contributed by atoms with E-state index >= 15 is 0 Å². The first-order valence-corrected chi connectivity index (χ1v) is 7.95. The molecule has 0 aliphatic heterocycles. The number of para-hydroxylation sites is 1. The van der Waals surface area contributed by atoms with Crippen LogP contribution in [-0.4, -0.2) is 12.9 Å². The van der Waals surface area contributed by atoms with E-state index in [0.717, 1.165) is 29.7 Å². The summed E-state index contributed by atoms with van der Waals surface area (Å²) in [7, 11) is 1.68. The van der Waals surface area contributed by atoms with Crippen molar-refractivity contribution in [3.05, 3.63) is 65.7 Å². The molecule has 0 aliphatic carbocycles. The number of unbranched alkanes of at least 4 members (excludes halogenated alkanes) is 1. The van der Waals surface area contributed by atoms with Crippen LogP contribution in [0.2, 0.25) is 0 Å². The number of hydrogen-bond donors (Lipinski definition) is 0. The highest BCUT2D eigenvalue weighted by atomic mass is 16.5. The maximum atomic E-state index is 12.3. The number of ketones is 1. The second-order valence-corrected chi connectivity index (χ2v) is 5.55. The van der Waals surface area contributed by atoms with Crippen LogP contribution in [0, 0.1) is 0 Å². The van der Waals surface area contributed by atoms with E-state index in [0.29, 0.717) is 18.6 Å². The fourth-order valence-corrected chi connectivity index (χ4v) is 2.75. The standard InChI is InChI=1S/C20H24O2/c1-3-4-12-17(21)15-19(16-10-6-5-7-11-16)18-13-8-9-14-20(18)22-2/h5-11,13-14,19H,3-4,12,15H2,1-2H3. The molecule has 0 spiro atoms. The van der Waals surface area contributed by atoms with Gasteiger partial charge in [-0.15, -0.1) is 0 Å². The fourth-order valence-electron chi connectivity index (χ4n) is 2.75. The molecule has 2 rings (SSSR count). The van der Waals surface area contributed by atoms with Crippen LogP contribution in [0.1, 0.15) is 49.7 Å². The fraction of sp³-hybridized carbons (Fsp3) is 0.350. The summed E-state index contributed by atoms with van der Waals surface area (Å²) in [5.74, 6) is 1.22. The van der Waals surface area contributed by atoms with Gasteiger partial charge in [-0.2, -0.15) is 0 Å². The van der Waals surface area contributed by atoms with Crippen molar-refractivity contribution in [3.63, 3.8) is 0 Å². The van der Waals surface area contributed by atoms with Gasteiger partial charge in [0.2, 0.25) is 0 Å². The van der Waals surface area contributed by atoms with Crippen molar-refractivity contribution in [1.29, 1.82) is 0 Å². The third kappa shape index (κ3) is 4.20. The summed E-state index contributed by atoms with van der Waals surface area (Å²) < 4.78 is 5.50. The Labute approximate surface area is 133 Å². The molecule has 1 unspecified atom stereocenters. The number of Topliss-reactive ketones (excluding diaryl/α,β-unsaturated/α-hetero) is 1. The van der Waals surface area contributed by atoms with Gasteiger partial charge in [0.25, 0.3) is 0 Å². The minimum absolute atomic E-state index is 0.0571. The van der Waals surface area contributed by atoms with Gasteiger partial charge in [-0.1, -0.05) is 61.9 Å². The lowest BCUT2D eigenvalue weighted by Gasteiger charge is -2.20. The van der Waals surface area contributed by atoms with Gasteiger partial charge < -0.3 is 4.74 Å². The van der Waals surface area contributed by atoms with Crippen LogP contribution in [0.4, 0.5) is 0 Å². The Balaban J connectivity index is 2.31. The quantitative estimate of drug-likeness (QED) is 0.687. The molecule has 0 aromatic heterocycles. The zero-order valence-electron chi connectivity index (χ0n) is 13.4. The van der Waals surface area contributed by atoms with Gasteiger partial charge in [0.1, 0.15) is 11.5 Å². The van der Waals surface area contributed by atoms with E-state index in [2.05, 4.69) is 25.1 Å². The monoisotopic (exact) mass is 296 g/mol. The summed E-state index contributed by atoms with van der Waals surface area (Å²) >= 11 is 0. The average molecular weight is 296 g/mol. The van der Waals surface area contributed by atoms with Crippen molar-refractivity contribution < 1.29 is 9.53 Å². The molecule has 0 saturated heterocycles. The van der Waals surface area contributed by atoms with Gasteiger partial charge in [0.05, 0.1) is 7.11 Å². The molecule has 116 valence electrons. The molecule has 0 saturated carbocycles. The van der Waals surface area contributed by atoms with Crippen molar-refractivity contribution in [1.82, 2.24) is 0 Å². The Morgan fingerprint density at radius 3 is 2.41 bits per heavy atom. The summed E-state index contributed by atoms with van der Waals surface area (Å²) in [4.78, 5) is 12.3. The van der Waals surface area contributed by atoms with Crippen molar-refractivity contribution in [2.75, 3.05) is 7.11 Å². The first-order valence-electron chi connectivity index (χ1n) is 7.95. The number of benzene rings is 2. The number of rotatable bonds is 8. The topological polar surface area (TPSA) is 26.3 Å². The molecule has 0 bridgehead atoms. The number of methoxy groups -OCH3 is 1. The summed E-state index contributed by atoms with van der Waals surface area (Å²) in [5, 5.41) is 0. The van der Waals surface area contributed by atoms with E-state index in [4.69, 9.17) is 4.74 Å². The first kappa shape index (κ1) is 16.3. The summed E-state index contributed by atoms with van der Waals surface area (Å²) in [6.45, 7) is 2.11. The van der Waals surface area contributed by atoms with Gasteiger partial charge in [-0.25, -0.2) is 0 Å². The SMILES string of the molecule is CCCCC(=O)CC(c1ccccc1)c1ccccc1OC. The molecular weight excluding hydrogens is 272 g/mol. The van der Waals surface area contributed by atoms with E-state index in [-0.39, 0.29) is 5.92 Å². The van der Waals surface area contributed by atoms with Crippen LogP contribution < -0.4 is 4.74 Å². The molecule has 0 amide bonds. The van der Waals surface area contributed by atoms with Crippen LogP contribution in [0.3, 0.4) is 0 Å². The lowest BCUT2D eigenvalue weighted by Crippen LogP contribution is -2.10. The van der Waals surface area contributed by atoms with Crippen molar-refractivity contribution in [2.24, 2.45) is 0 Å². The van der Waals surface area contributed by atoms with Gasteiger partial charge in [-0.05, 0) is 18.1 Å². The van der Waals surface area contributed by atoms with Crippen molar-refractivity contribution in [2.45, 2.75) is 38.5 Å². The smallest absolute Gasteiger partial charge is 0.133 e. The zero-order valence-corrected chi connectivity index (χ0v) is 13.4. The van der Waals surface area contributed by atoms with Gasteiger partial charge in [-0.3, -0.25) is 4.79 Å². The minimum Gasteiger partial charge on any atom is -0.496 e. The maximum Gasteiger partial charge on any atom is 0.133 e. The lowest BCUT2D eigenvalue weighted by molar-refractivity contribution is -0.119. The van der Waals surface area contributed by atoms with Gasteiger partial charge in [0.15, 0.2) is 0 Å². The van der Waals surface area contributed by atoms with E-state index in [9.17, 15) is 4.79 Å². The van der Waals surface area contributed by atoms with Crippen LogP contribution in [0.25, 0.3) is 0 Å². The molecule has 2 aromatic rings. The highest BCUT2D eigenvalue weighted by Crippen LogP contribution is 2.34. The van der Waals surface area contributed by atoms with E-state index in [1.807, 2.05) is 36.4 Å². The second kappa shape index (κ2) is 8.38. The van der Waals surface area contributed by atoms with Crippen molar-refractivity contribution >= 4 is 5.78 Å². The van der Waals surface area contributed by atoms with Crippen LogP contribution in [0.5, 0.6) is 5.75 Å². The number of carbonyl (C=O) groups is 1. The molecule has 1 atom stereocenters.